The largest absolute Gasteiger partial charge is 0.508 e. The fourth-order valence-corrected chi connectivity index (χ4v) is 1.21. The maximum absolute atomic E-state index is 9.28. The zero-order valence-corrected chi connectivity index (χ0v) is 10.5. The Hall–Kier alpha value is -1.84. The number of nitrogens with one attached hydrogen (secondary N) is 1. The predicted molar refractivity (Wildman–Crippen MR) is 71.2 cm³/mol. The topological polar surface area (TPSA) is 82.5 Å². The van der Waals surface area contributed by atoms with Gasteiger partial charge >= 0.3 is 0 Å². The lowest BCUT2D eigenvalue weighted by molar-refractivity contribution is 0.475. The number of benzene rings is 1. The lowest BCUT2D eigenvalue weighted by Gasteiger charge is -2.19. The van der Waals surface area contributed by atoms with Crippen LogP contribution in [0.2, 0.25) is 0 Å². The summed E-state index contributed by atoms with van der Waals surface area (Å²) >= 11 is 0. The Bertz CT molecular complexity index is 444. The van der Waals surface area contributed by atoms with Crippen LogP contribution in [-0.4, -0.2) is 16.7 Å². The summed E-state index contributed by atoms with van der Waals surface area (Å²) in [5.74, 6) is 0.542. The maximum atomic E-state index is 9.28. The summed E-state index contributed by atoms with van der Waals surface area (Å²) in [6, 6.07) is 6.57. The van der Waals surface area contributed by atoms with Gasteiger partial charge in [-0.15, -0.1) is 0 Å². The number of aliphatic imine (C=N–C) groups is 1. The van der Waals surface area contributed by atoms with Gasteiger partial charge in [0.25, 0.3) is 0 Å². The average Bonchev–Trinajstić information content (AvgIpc) is 2.15. The molecule has 1 rings (SSSR count). The van der Waals surface area contributed by atoms with E-state index in [9.17, 15) is 5.11 Å². The molecule has 0 amide bonds. The Balaban J connectivity index is 2.77. The van der Waals surface area contributed by atoms with Crippen LogP contribution in [0.15, 0.2) is 29.3 Å². The van der Waals surface area contributed by atoms with Crippen molar-refractivity contribution < 1.29 is 5.11 Å². The van der Waals surface area contributed by atoms with E-state index in [1.54, 1.807) is 18.2 Å². The van der Waals surface area contributed by atoms with E-state index in [1.807, 2.05) is 20.8 Å². The second-order valence-electron chi connectivity index (χ2n) is 5.03. The van der Waals surface area contributed by atoms with Gasteiger partial charge in [0.15, 0.2) is 0 Å². The molecule has 0 atom stereocenters. The Morgan fingerprint density at radius 2 is 2.06 bits per heavy atom. The minimum atomic E-state index is -0.195. The van der Waals surface area contributed by atoms with Crippen LogP contribution >= 0.6 is 0 Å². The molecule has 0 saturated carbocycles. The third-order valence-electron chi connectivity index (χ3n) is 2.37. The van der Waals surface area contributed by atoms with Crippen molar-refractivity contribution in [2.24, 2.45) is 16.1 Å². The molecule has 0 aromatic heterocycles. The van der Waals surface area contributed by atoms with Crippen LogP contribution in [0.5, 0.6) is 5.75 Å². The number of nitrogens with zero attached hydrogens (tertiary/aromatic N) is 1. The molecule has 0 fully saturated rings. The van der Waals surface area contributed by atoms with Crippen molar-refractivity contribution in [1.82, 2.24) is 0 Å². The summed E-state index contributed by atoms with van der Waals surface area (Å²) in [5.41, 5.74) is 6.73. The van der Waals surface area contributed by atoms with Crippen LogP contribution in [0.4, 0.5) is 5.69 Å². The molecule has 0 radical (unpaired) electrons. The SMILES string of the molecule is CC(C)(C)C(=N)CC(N)=Nc1cccc(O)c1. The van der Waals surface area contributed by atoms with Gasteiger partial charge in [0.05, 0.1) is 5.69 Å². The summed E-state index contributed by atoms with van der Waals surface area (Å²) in [4.78, 5) is 4.17. The number of amidine groups is 1. The smallest absolute Gasteiger partial charge is 0.117 e. The lowest BCUT2D eigenvalue weighted by atomic mass is 9.88. The van der Waals surface area contributed by atoms with Gasteiger partial charge in [-0.3, -0.25) is 0 Å². The molecule has 1 aromatic carbocycles. The highest BCUT2D eigenvalue weighted by molar-refractivity contribution is 6.04. The number of nitrogens with two attached hydrogens (primary N) is 1. The third kappa shape index (κ3) is 4.26. The van der Waals surface area contributed by atoms with Crippen LogP contribution < -0.4 is 5.73 Å². The molecular formula is C13H19N3O. The van der Waals surface area contributed by atoms with Gasteiger partial charge in [-0.1, -0.05) is 26.8 Å². The highest BCUT2D eigenvalue weighted by Crippen LogP contribution is 2.20. The molecule has 1 aromatic rings. The molecular weight excluding hydrogens is 214 g/mol. The fourth-order valence-electron chi connectivity index (χ4n) is 1.21. The van der Waals surface area contributed by atoms with Gasteiger partial charge in [0, 0.05) is 18.2 Å². The molecule has 92 valence electrons. The molecule has 4 heteroatoms. The summed E-state index contributed by atoms with van der Waals surface area (Å²) in [7, 11) is 0. The van der Waals surface area contributed by atoms with Gasteiger partial charge in [-0.25, -0.2) is 4.99 Å². The normalized spacial score (nSPS) is 12.5. The number of rotatable bonds is 3. The molecule has 0 aliphatic rings. The molecule has 4 N–H and O–H groups in total. The molecule has 0 aliphatic heterocycles. The van der Waals surface area contributed by atoms with Crippen LogP contribution in [-0.2, 0) is 0 Å². The van der Waals surface area contributed by atoms with Crippen molar-refractivity contribution >= 4 is 17.2 Å². The van der Waals surface area contributed by atoms with E-state index in [4.69, 9.17) is 11.1 Å². The van der Waals surface area contributed by atoms with Gasteiger partial charge in [0.2, 0.25) is 0 Å². The molecule has 0 bridgehead atoms. The lowest BCUT2D eigenvalue weighted by Crippen LogP contribution is -2.25. The van der Waals surface area contributed by atoms with Gasteiger partial charge in [-0.05, 0) is 17.5 Å². The molecule has 0 aliphatic carbocycles. The predicted octanol–water partition coefficient (Wildman–Crippen LogP) is 2.84. The van der Waals surface area contributed by atoms with Crippen molar-refractivity contribution in [3.05, 3.63) is 24.3 Å². The summed E-state index contributed by atoms with van der Waals surface area (Å²) < 4.78 is 0. The van der Waals surface area contributed by atoms with Crippen LogP contribution in [0, 0.1) is 10.8 Å². The minimum absolute atomic E-state index is 0.157. The maximum Gasteiger partial charge on any atom is 0.117 e. The van der Waals surface area contributed by atoms with Crippen molar-refractivity contribution in [3.63, 3.8) is 0 Å². The summed E-state index contributed by atoms with van der Waals surface area (Å²) in [6.07, 6.45) is 0.346. The molecule has 0 saturated heterocycles. The van der Waals surface area contributed by atoms with Crippen molar-refractivity contribution in [2.45, 2.75) is 27.2 Å². The Labute approximate surface area is 102 Å². The first-order valence-electron chi connectivity index (χ1n) is 5.49. The Morgan fingerprint density at radius 1 is 1.41 bits per heavy atom. The van der Waals surface area contributed by atoms with E-state index in [-0.39, 0.29) is 11.2 Å². The number of phenols is 1. The van der Waals surface area contributed by atoms with Crippen LogP contribution in [0.3, 0.4) is 0 Å². The van der Waals surface area contributed by atoms with Gasteiger partial charge < -0.3 is 16.2 Å². The third-order valence-corrected chi connectivity index (χ3v) is 2.37. The summed E-state index contributed by atoms with van der Waals surface area (Å²) in [5, 5.41) is 17.2. The van der Waals surface area contributed by atoms with E-state index in [0.717, 1.165) is 0 Å². The van der Waals surface area contributed by atoms with Gasteiger partial charge in [0.1, 0.15) is 11.6 Å². The molecule has 0 spiro atoms. The molecule has 0 unspecified atom stereocenters. The van der Waals surface area contributed by atoms with Crippen molar-refractivity contribution in [2.75, 3.05) is 0 Å². The second-order valence-corrected chi connectivity index (χ2v) is 5.03. The van der Waals surface area contributed by atoms with Crippen LogP contribution in [0.25, 0.3) is 0 Å². The molecule has 0 heterocycles. The number of hydrogen-bond acceptors (Lipinski definition) is 3. The quantitative estimate of drug-likeness (QED) is 0.554. The van der Waals surface area contributed by atoms with E-state index < -0.39 is 0 Å². The van der Waals surface area contributed by atoms with E-state index >= 15 is 0 Å². The molecule has 17 heavy (non-hydrogen) atoms. The fraction of sp³-hybridized carbons (Fsp3) is 0.385. The van der Waals surface area contributed by atoms with E-state index in [1.165, 1.54) is 6.07 Å². The van der Waals surface area contributed by atoms with E-state index in [0.29, 0.717) is 23.7 Å². The number of hydrogen-bond donors (Lipinski definition) is 3. The molecule has 4 nitrogen and oxygen atoms in total. The first-order chi connectivity index (χ1) is 7.79. The Morgan fingerprint density at radius 3 is 2.59 bits per heavy atom. The first-order valence-corrected chi connectivity index (χ1v) is 5.49. The monoisotopic (exact) mass is 233 g/mol. The van der Waals surface area contributed by atoms with Crippen molar-refractivity contribution in [3.8, 4) is 5.75 Å². The minimum Gasteiger partial charge on any atom is -0.508 e. The first kappa shape index (κ1) is 13.2. The van der Waals surface area contributed by atoms with Crippen molar-refractivity contribution in [1.29, 1.82) is 5.41 Å². The summed E-state index contributed by atoms with van der Waals surface area (Å²) in [6.45, 7) is 5.91. The highest BCUT2D eigenvalue weighted by atomic mass is 16.3. The zero-order valence-electron chi connectivity index (χ0n) is 10.5. The average molecular weight is 233 g/mol. The van der Waals surface area contributed by atoms with Gasteiger partial charge in [-0.2, -0.15) is 0 Å². The highest BCUT2D eigenvalue weighted by Gasteiger charge is 2.17. The standard InChI is InChI=1S/C13H19N3O/c1-13(2,3)11(14)8-12(15)16-9-5-4-6-10(17)7-9/h4-7,14,17H,8H2,1-3H3,(H2,15,16). The number of aromatic hydroxyl groups is 1. The second kappa shape index (κ2) is 4.99. The van der Waals surface area contributed by atoms with E-state index in [2.05, 4.69) is 4.99 Å². The number of phenolic OH excluding ortho intramolecular Hbond substituents is 1. The van der Waals surface area contributed by atoms with Crippen LogP contribution in [0.1, 0.15) is 27.2 Å². The Kier molecular flexibility index (Phi) is 3.89. The zero-order chi connectivity index (χ0) is 13.1.